The number of aliphatic hydroxyl groups excluding tert-OH is 1. The monoisotopic (exact) mass is 1030 g/mol. The number of nitrogens with one attached hydrogen (secondary N) is 1. The van der Waals surface area contributed by atoms with E-state index in [1.807, 2.05) is 27.2 Å². The van der Waals surface area contributed by atoms with Crippen molar-refractivity contribution in [3.05, 3.63) is 72.9 Å². The summed E-state index contributed by atoms with van der Waals surface area (Å²) in [6, 6.07) is -0.861. The molecule has 9 heteroatoms. The molecule has 0 aliphatic heterocycles. The number of hydrogen-bond acceptors (Lipinski definition) is 5. The lowest BCUT2D eigenvalue weighted by molar-refractivity contribution is -0.870. The van der Waals surface area contributed by atoms with Crippen molar-refractivity contribution in [2.24, 2.45) is 0 Å². The van der Waals surface area contributed by atoms with Gasteiger partial charge in [-0.05, 0) is 70.6 Å². The summed E-state index contributed by atoms with van der Waals surface area (Å²) in [7, 11) is 1.56. The molecule has 420 valence electrons. The summed E-state index contributed by atoms with van der Waals surface area (Å²) in [5.41, 5.74) is 0. The highest BCUT2D eigenvalue weighted by atomic mass is 31.2. The van der Waals surface area contributed by atoms with Gasteiger partial charge in [0.1, 0.15) is 13.2 Å². The first-order chi connectivity index (χ1) is 35.0. The van der Waals surface area contributed by atoms with Crippen LogP contribution < -0.4 is 5.32 Å². The second-order valence-electron chi connectivity index (χ2n) is 21.7. The van der Waals surface area contributed by atoms with Gasteiger partial charge in [-0.3, -0.25) is 13.8 Å². The number of allylic oxidation sites excluding steroid dienone is 11. The quantitative estimate of drug-likeness (QED) is 0.0243. The third-order valence-corrected chi connectivity index (χ3v) is 14.4. The minimum absolute atomic E-state index is 0.0560. The molecule has 0 aliphatic rings. The first kappa shape index (κ1) is 69.9. The van der Waals surface area contributed by atoms with Crippen molar-refractivity contribution in [1.29, 1.82) is 0 Å². The number of amides is 1. The molecular weight excluding hydrogens is 912 g/mol. The Morgan fingerprint density at radius 1 is 0.486 bits per heavy atom. The fourth-order valence-corrected chi connectivity index (χ4v) is 9.43. The summed E-state index contributed by atoms with van der Waals surface area (Å²) in [6.45, 7) is 4.64. The average Bonchev–Trinajstić information content (AvgIpc) is 3.34. The van der Waals surface area contributed by atoms with E-state index in [2.05, 4.69) is 79.9 Å². The number of unbranched alkanes of at least 4 members (excludes halogenated alkanes) is 32. The van der Waals surface area contributed by atoms with Crippen LogP contribution in [-0.4, -0.2) is 73.4 Å². The molecule has 0 saturated carbocycles. The molecule has 72 heavy (non-hydrogen) atoms. The summed E-state index contributed by atoms with van der Waals surface area (Å²) in [6.07, 6.45) is 75.0. The van der Waals surface area contributed by atoms with E-state index in [1.165, 1.54) is 186 Å². The van der Waals surface area contributed by atoms with Crippen LogP contribution in [0.5, 0.6) is 0 Å². The lowest BCUT2D eigenvalue weighted by Gasteiger charge is -2.25. The Bertz CT molecular complexity index is 1400. The molecule has 0 aromatic heterocycles. The Balaban J connectivity index is 3.77. The molecule has 0 aromatic rings. The standard InChI is InChI=1S/C63H117N2O6P/c1-6-8-10-12-14-16-17-18-19-20-21-22-23-24-25-26-27-28-29-30-31-32-33-34-35-36-37-38-39-40-41-42-43-44-45-46-47-49-51-53-55-57-63(67)64-61(60-71-72(68,69)70-59-58-65(3,4)5)62(66)56-54-52-50-48-15-13-11-9-7-2/h8,10,14-16,18-19,21-22,48,54,56,61-62,66H,6-7,9,11-13,17,20,23-47,49-53,55,57-60H2,1-5H3,(H-,64,67,68,69)/p+1/b10-8-,16-14-,19-18-,22-21-,48-15+,56-54+. The Morgan fingerprint density at radius 3 is 1.28 bits per heavy atom. The first-order valence-corrected chi connectivity index (χ1v) is 31.8. The number of carbonyl (C=O) groups is 1. The molecular formula is C63H118N2O6P+. The van der Waals surface area contributed by atoms with Crippen LogP contribution in [0.25, 0.3) is 0 Å². The minimum atomic E-state index is -4.34. The highest BCUT2D eigenvalue weighted by molar-refractivity contribution is 7.47. The zero-order chi connectivity index (χ0) is 52.7. The van der Waals surface area contributed by atoms with Crippen molar-refractivity contribution >= 4 is 13.7 Å². The molecule has 0 bridgehead atoms. The Hall–Kier alpha value is -2.06. The van der Waals surface area contributed by atoms with Gasteiger partial charge in [-0.15, -0.1) is 0 Å². The van der Waals surface area contributed by atoms with Crippen molar-refractivity contribution in [3.8, 4) is 0 Å². The number of nitrogens with zero attached hydrogens (tertiary/aromatic N) is 1. The van der Waals surface area contributed by atoms with E-state index in [9.17, 15) is 19.4 Å². The van der Waals surface area contributed by atoms with Crippen LogP contribution in [0.3, 0.4) is 0 Å². The lowest BCUT2D eigenvalue weighted by Crippen LogP contribution is -2.45. The van der Waals surface area contributed by atoms with E-state index in [-0.39, 0.29) is 19.1 Å². The van der Waals surface area contributed by atoms with Gasteiger partial charge < -0.3 is 19.8 Å². The molecule has 3 atom stereocenters. The highest BCUT2D eigenvalue weighted by Gasteiger charge is 2.27. The van der Waals surface area contributed by atoms with Crippen LogP contribution in [0.1, 0.15) is 271 Å². The van der Waals surface area contributed by atoms with Crippen molar-refractivity contribution < 1.29 is 32.9 Å². The van der Waals surface area contributed by atoms with E-state index in [0.29, 0.717) is 17.4 Å². The van der Waals surface area contributed by atoms with E-state index in [4.69, 9.17) is 9.05 Å². The topological polar surface area (TPSA) is 105 Å². The number of likely N-dealkylation sites (N-methyl/N-ethyl adjacent to an activating group) is 1. The van der Waals surface area contributed by atoms with Crippen molar-refractivity contribution in [2.45, 2.75) is 283 Å². The van der Waals surface area contributed by atoms with Gasteiger partial charge in [0.2, 0.25) is 5.91 Å². The SMILES string of the molecule is CC/C=C\C/C=C\C/C=C\C/C=C\CCCCCCCCCCCCCCCCCCCCCCCCCCCCCCC(=O)NC(COP(=O)(O)OCC[N+](C)(C)C)C(O)/C=C/CC/C=C/CCCCC. The van der Waals surface area contributed by atoms with Crippen LogP contribution >= 0.6 is 7.82 Å². The molecule has 0 aliphatic carbocycles. The summed E-state index contributed by atoms with van der Waals surface area (Å²) in [4.78, 5) is 23.2. The predicted molar refractivity (Wildman–Crippen MR) is 313 cm³/mol. The number of hydrogen-bond donors (Lipinski definition) is 3. The zero-order valence-corrected chi connectivity index (χ0v) is 48.8. The fourth-order valence-electron chi connectivity index (χ4n) is 8.70. The number of carbonyl (C=O) groups excluding carboxylic acids is 1. The smallest absolute Gasteiger partial charge is 0.387 e. The molecule has 0 aromatic carbocycles. The number of quaternary nitrogens is 1. The Morgan fingerprint density at radius 2 is 0.847 bits per heavy atom. The van der Waals surface area contributed by atoms with Crippen LogP contribution in [0, 0.1) is 0 Å². The van der Waals surface area contributed by atoms with Gasteiger partial charge in [-0.25, -0.2) is 4.57 Å². The van der Waals surface area contributed by atoms with Gasteiger partial charge in [0, 0.05) is 6.42 Å². The molecule has 0 spiro atoms. The number of phosphoric ester groups is 1. The largest absolute Gasteiger partial charge is 0.472 e. The summed E-state index contributed by atoms with van der Waals surface area (Å²) < 4.78 is 23.6. The maximum Gasteiger partial charge on any atom is 0.472 e. The third kappa shape index (κ3) is 55.7. The van der Waals surface area contributed by atoms with E-state index in [0.717, 1.165) is 64.2 Å². The van der Waals surface area contributed by atoms with Crippen molar-refractivity contribution in [2.75, 3.05) is 40.9 Å². The van der Waals surface area contributed by atoms with Crippen molar-refractivity contribution in [3.63, 3.8) is 0 Å². The van der Waals surface area contributed by atoms with E-state index in [1.54, 1.807) is 6.08 Å². The van der Waals surface area contributed by atoms with E-state index >= 15 is 0 Å². The molecule has 0 heterocycles. The average molecular weight is 1030 g/mol. The van der Waals surface area contributed by atoms with Gasteiger partial charge in [0.15, 0.2) is 0 Å². The summed E-state index contributed by atoms with van der Waals surface area (Å²) in [5.74, 6) is -0.187. The first-order valence-electron chi connectivity index (χ1n) is 30.3. The second-order valence-corrected chi connectivity index (χ2v) is 23.1. The minimum Gasteiger partial charge on any atom is -0.387 e. The van der Waals surface area contributed by atoms with E-state index < -0.39 is 20.0 Å². The molecule has 0 saturated heterocycles. The highest BCUT2D eigenvalue weighted by Crippen LogP contribution is 2.43. The number of aliphatic hydroxyl groups is 1. The third-order valence-electron chi connectivity index (χ3n) is 13.4. The van der Waals surface area contributed by atoms with Gasteiger partial charge in [-0.1, -0.05) is 267 Å². The van der Waals surface area contributed by atoms with Crippen molar-refractivity contribution in [1.82, 2.24) is 5.32 Å². The van der Waals surface area contributed by atoms with Gasteiger partial charge >= 0.3 is 7.82 Å². The molecule has 3 unspecified atom stereocenters. The lowest BCUT2D eigenvalue weighted by atomic mass is 10.0. The van der Waals surface area contributed by atoms with Crippen LogP contribution in [0.2, 0.25) is 0 Å². The Labute approximate surface area is 446 Å². The second kappa shape index (κ2) is 53.8. The maximum atomic E-state index is 12.9. The summed E-state index contributed by atoms with van der Waals surface area (Å²) >= 11 is 0. The fraction of sp³-hybridized carbons (Fsp3) is 0.794. The molecule has 3 N–H and O–H groups in total. The molecule has 0 fully saturated rings. The van der Waals surface area contributed by atoms with Crippen LogP contribution in [0.15, 0.2) is 72.9 Å². The molecule has 8 nitrogen and oxygen atoms in total. The zero-order valence-electron chi connectivity index (χ0n) is 47.9. The van der Waals surface area contributed by atoms with Gasteiger partial charge in [-0.2, -0.15) is 0 Å². The molecule has 1 amide bonds. The number of rotatable bonds is 55. The normalized spacial score (nSPS) is 14.4. The predicted octanol–water partition coefficient (Wildman–Crippen LogP) is 18.7. The van der Waals surface area contributed by atoms with Gasteiger partial charge in [0.05, 0.1) is 39.9 Å². The molecule has 0 radical (unpaired) electrons. The van der Waals surface area contributed by atoms with Crippen LogP contribution in [-0.2, 0) is 18.4 Å². The molecule has 0 rings (SSSR count). The Kier molecular flexibility index (Phi) is 52.2. The number of phosphoric acid groups is 1. The summed E-state index contributed by atoms with van der Waals surface area (Å²) in [5, 5.41) is 13.8. The van der Waals surface area contributed by atoms with Crippen LogP contribution in [0.4, 0.5) is 0 Å². The van der Waals surface area contributed by atoms with Gasteiger partial charge in [0.25, 0.3) is 0 Å². The maximum absolute atomic E-state index is 12.9.